The molecule has 5 heteroatoms. The molecule has 1 saturated carbocycles. The van der Waals surface area contributed by atoms with Crippen LogP contribution < -0.4 is 5.32 Å². The van der Waals surface area contributed by atoms with Crippen molar-refractivity contribution >= 4 is 17.6 Å². The number of hydrogen-bond donors (Lipinski definition) is 1. The minimum absolute atomic E-state index is 0.312. The van der Waals surface area contributed by atoms with Crippen LogP contribution in [0.25, 0.3) is 0 Å². The van der Waals surface area contributed by atoms with Gasteiger partial charge in [-0.3, -0.25) is 9.59 Å². The molecule has 1 fully saturated rings. The van der Waals surface area contributed by atoms with Gasteiger partial charge in [0, 0.05) is 5.69 Å². The standard InChI is InChI=1S/C22H22N2O3/c23-15-12-17-8-10-19(11-9-17)24-20(25)16-27-21(26)22(13-4-5-14-22)18-6-2-1-3-7-18/h1-3,6-11H,4-5,12-14,16H2,(H,24,25). The predicted molar refractivity (Wildman–Crippen MR) is 102 cm³/mol. The van der Waals surface area contributed by atoms with E-state index in [1.807, 2.05) is 30.3 Å². The van der Waals surface area contributed by atoms with Gasteiger partial charge >= 0.3 is 5.97 Å². The van der Waals surface area contributed by atoms with Crippen molar-refractivity contribution in [1.29, 1.82) is 5.26 Å². The van der Waals surface area contributed by atoms with E-state index in [4.69, 9.17) is 10.00 Å². The zero-order valence-electron chi connectivity index (χ0n) is 15.1. The smallest absolute Gasteiger partial charge is 0.317 e. The zero-order chi connectivity index (χ0) is 19.1. The fourth-order valence-corrected chi connectivity index (χ4v) is 3.61. The van der Waals surface area contributed by atoms with E-state index in [0.29, 0.717) is 12.1 Å². The lowest BCUT2D eigenvalue weighted by Crippen LogP contribution is -2.36. The van der Waals surface area contributed by atoms with Crippen LogP contribution in [-0.2, 0) is 26.2 Å². The number of hydrogen-bond acceptors (Lipinski definition) is 4. The summed E-state index contributed by atoms with van der Waals surface area (Å²) < 4.78 is 5.39. The number of amides is 1. The number of esters is 1. The quantitative estimate of drug-likeness (QED) is 0.794. The normalized spacial score (nSPS) is 14.9. The second-order valence-corrected chi connectivity index (χ2v) is 6.81. The lowest BCUT2D eigenvalue weighted by molar-refractivity contribution is -0.153. The van der Waals surface area contributed by atoms with E-state index in [1.165, 1.54) is 0 Å². The molecule has 1 N–H and O–H groups in total. The zero-order valence-corrected chi connectivity index (χ0v) is 15.1. The van der Waals surface area contributed by atoms with Crippen LogP contribution in [0.3, 0.4) is 0 Å². The van der Waals surface area contributed by atoms with E-state index in [9.17, 15) is 9.59 Å². The molecular weight excluding hydrogens is 340 g/mol. The topological polar surface area (TPSA) is 79.2 Å². The largest absolute Gasteiger partial charge is 0.455 e. The summed E-state index contributed by atoms with van der Waals surface area (Å²) >= 11 is 0. The molecule has 5 nitrogen and oxygen atoms in total. The lowest BCUT2D eigenvalue weighted by atomic mass is 9.79. The Hall–Kier alpha value is -3.13. The van der Waals surface area contributed by atoms with Crippen LogP contribution in [0.2, 0.25) is 0 Å². The van der Waals surface area contributed by atoms with E-state index in [0.717, 1.165) is 36.8 Å². The third kappa shape index (κ3) is 4.35. The first-order valence-corrected chi connectivity index (χ1v) is 9.12. The Kier molecular flexibility index (Phi) is 5.87. The highest BCUT2D eigenvalue weighted by Gasteiger charge is 2.44. The SMILES string of the molecule is N#CCc1ccc(NC(=O)COC(=O)C2(c3ccccc3)CCCC2)cc1. The third-order valence-electron chi connectivity index (χ3n) is 5.03. The summed E-state index contributed by atoms with van der Waals surface area (Å²) in [6.07, 6.45) is 3.78. The van der Waals surface area contributed by atoms with Gasteiger partial charge in [0.05, 0.1) is 17.9 Å². The van der Waals surface area contributed by atoms with Crippen molar-refractivity contribution in [3.05, 3.63) is 65.7 Å². The van der Waals surface area contributed by atoms with Crippen molar-refractivity contribution in [1.82, 2.24) is 0 Å². The van der Waals surface area contributed by atoms with Gasteiger partial charge in [0.2, 0.25) is 0 Å². The van der Waals surface area contributed by atoms with Crippen LogP contribution >= 0.6 is 0 Å². The number of nitriles is 1. The summed E-state index contributed by atoms with van der Waals surface area (Å²) in [4.78, 5) is 25.0. The van der Waals surface area contributed by atoms with Crippen molar-refractivity contribution in [2.45, 2.75) is 37.5 Å². The van der Waals surface area contributed by atoms with Crippen LogP contribution in [-0.4, -0.2) is 18.5 Å². The molecule has 2 aromatic rings. The highest BCUT2D eigenvalue weighted by atomic mass is 16.5. The van der Waals surface area contributed by atoms with Crippen molar-refractivity contribution in [3.63, 3.8) is 0 Å². The van der Waals surface area contributed by atoms with Gasteiger partial charge in [0.1, 0.15) is 0 Å². The minimum Gasteiger partial charge on any atom is -0.455 e. The molecule has 27 heavy (non-hydrogen) atoms. The van der Waals surface area contributed by atoms with Gasteiger partial charge in [-0.1, -0.05) is 55.3 Å². The molecule has 0 saturated heterocycles. The maximum absolute atomic E-state index is 12.8. The molecule has 1 aliphatic carbocycles. The Morgan fingerprint density at radius 3 is 2.33 bits per heavy atom. The monoisotopic (exact) mass is 362 g/mol. The van der Waals surface area contributed by atoms with Crippen LogP contribution in [0, 0.1) is 11.3 Å². The molecule has 0 bridgehead atoms. The number of ether oxygens (including phenoxy) is 1. The molecule has 0 spiro atoms. The first kappa shape index (κ1) is 18.7. The van der Waals surface area contributed by atoms with E-state index < -0.39 is 5.41 Å². The fraction of sp³-hybridized carbons (Fsp3) is 0.318. The summed E-state index contributed by atoms with van der Waals surface area (Å²) in [5.41, 5.74) is 1.81. The number of nitrogens with one attached hydrogen (secondary N) is 1. The second kappa shape index (κ2) is 8.50. The van der Waals surface area contributed by atoms with E-state index in [2.05, 4.69) is 11.4 Å². The summed E-state index contributed by atoms with van der Waals surface area (Å²) in [7, 11) is 0. The van der Waals surface area contributed by atoms with Gasteiger partial charge in [0.15, 0.2) is 6.61 Å². The number of nitrogens with zero attached hydrogens (tertiary/aromatic N) is 1. The first-order chi connectivity index (χ1) is 13.1. The molecule has 0 unspecified atom stereocenters. The minimum atomic E-state index is -0.638. The molecule has 0 aliphatic heterocycles. The molecule has 0 heterocycles. The van der Waals surface area contributed by atoms with Crippen molar-refractivity contribution < 1.29 is 14.3 Å². The maximum atomic E-state index is 12.8. The van der Waals surface area contributed by atoms with Gasteiger partial charge in [0.25, 0.3) is 5.91 Å². The highest BCUT2D eigenvalue weighted by Crippen LogP contribution is 2.42. The number of benzene rings is 2. The average Bonchev–Trinajstić information content (AvgIpc) is 3.20. The van der Waals surface area contributed by atoms with Gasteiger partial charge in [-0.25, -0.2) is 0 Å². The predicted octanol–water partition coefficient (Wildman–Crippen LogP) is 3.75. The molecule has 2 aromatic carbocycles. The van der Waals surface area contributed by atoms with E-state index in [1.54, 1.807) is 24.3 Å². The summed E-state index contributed by atoms with van der Waals surface area (Å²) in [6, 6.07) is 18.8. The molecule has 1 aliphatic rings. The molecule has 3 rings (SSSR count). The highest BCUT2D eigenvalue weighted by molar-refractivity contribution is 5.94. The van der Waals surface area contributed by atoms with Crippen molar-refractivity contribution in [2.24, 2.45) is 0 Å². The summed E-state index contributed by atoms with van der Waals surface area (Å²) in [5.74, 6) is -0.705. The number of carbonyl (C=O) groups is 2. The second-order valence-electron chi connectivity index (χ2n) is 6.81. The Balaban J connectivity index is 1.59. The van der Waals surface area contributed by atoms with Crippen LogP contribution in [0.5, 0.6) is 0 Å². The Bertz CT molecular complexity index is 832. The molecule has 1 amide bonds. The Morgan fingerprint density at radius 2 is 1.70 bits per heavy atom. The van der Waals surface area contributed by atoms with Crippen molar-refractivity contribution in [2.75, 3.05) is 11.9 Å². The average molecular weight is 362 g/mol. The fourth-order valence-electron chi connectivity index (χ4n) is 3.61. The third-order valence-corrected chi connectivity index (χ3v) is 5.03. The van der Waals surface area contributed by atoms with Gasteiger partial charge in [-0.05, 0) is 36.1 Å². The maximum Gasteiger partial charge on any atom is 0.317 e. The first-order valence-electron chi connectivity index (χ1n) is 9.12. The molecule has 0 atom stereocenters. The lowest BCUT2D eigenvalue weighted by Gasteiger charge is -2.27. The number of anilines is 1. The number of carbonyl (C=O) groups excluding carboxylic acids is 2. The number of rotatable bonds is 6. The van der Waals surface area contributed by atoms with Crippen LogP contribution in [0.15, 0.2) is 54.6 Å². The van der Waals surface area contributed by atoms with Crippen LogP contribution in [0.1, 0.15) is 36.8 Å². The summed E-state index contributed by atoms with van der Waals surface area (Å²) in [6.45, 7) is -0.312. The van der Waals surface area contributed by atoms with Gasteiger partial charge < -0.3 is 10.1 Å². The molecular formula is C22H22N2O3. The van der Waals surface area contributed by atoms with E-state index in [-0.39, 0.29) is 18.5 Å². The van der Waals surface area contributed by atoms with Gasteiger partial charge in [-0.2, -0.15) is 5.26 Å². The Labute approximate surface area is 159 Å². The molecule has 0 aromatic heterocycles. The van der Waals surface area contributed by atoms with Crippen LogP contribution in [0.4, 0.5) is 5.69 Å². The Morgan fingerprint density at radius 1 is 1.04 bits per heavy atom. The van der Waals surface area contributed by atoms with Gasteiger partial charge in [-0.15, -0.1) is 0 Å². The molecule has 138 valence electrons. The van der Waals surface area contributed by atoms with Crippen molar-refractivity contribution in [3.8, 4) is 6.07 Å². The molecule has 0 radical (unpaired) electrons. The summed E-state index contributed by atoms with van der Waals surface area (Å²) in [5, 5.41) is 11.4. The van der Waals surface area contributed by atoms with E-state index >= 15 is 0 Å².